The zero-order valence-electron chi connectivity index (χ0n) is 17.3. The second kappa shape index (κ2) is 5.99. The molecule has 0 aliphatic heterocycles. The number of nitrogens with zero attached hydrogens (tertiary/aromatic N) is 1. The molecule has 0 saturated heterocycles. The van der Waals surface area contributed by atoms with E-state index in [-0.39, 0.29) is 10.8 Å². The summed E-state index contributed by atoms with van der Waals surface area (Å²) < 4.78 is 2.36. The van der Waals surface area contributed by atoms with E-state index in [4.69, 9.17) is 0 Å². The molecule has 0 N–H and O–H groups in total. The fraction of sp³-hybridized carbons (Fsp3) is 0.308. The number of pyridine rings is 1. The summed E-state index contributed by atoms with van der Waals surface area (Å²) in [6.07, 6.45) is 2.31. The minimum atomic E-state index is 0.133. The van der Waals surface area contributed by atoms with Crippen molar-refractivity contribution in [2.45, 2.75) is 52.4 Å². The number of fused-ring (bicyclic) bond motifs is 3. The van der Waals surface area contributed by atoms with Crippen LogP contribution in [0.1, 0.15) is 52.7 Å². The SMILES string of the molecule is CC(C)(C)c1ccc(-c2c3ccccc3n3cc(C(C)(C)C)ccc23)cc1. The normalized spacial score (nSPS) is 12.8. The average molecular weight is 356 g/mol. The summed E-state index contributed by atoms with van der Waals surface area (Å²) in [5, 5.41) is 1.31. The first-order chi connectivity index (χ1) is 12.7. The van der Waals surface area contributed by atoms with E-state index in [1.807, 2.05) is 0 Å². The fourth-order valence-corrected chi connectivity index (χ4v) is 3.82. The van der Waals surface area contributed by atoms with E-state index < -0.39 is 0 Å². The molecule has 2 aromatic carbocycles. The smallest absolute Gasteiger partial charge is 0.0541 e. The third-order valence-corrected chi connectivity index (χ3v) is 5.54. The Morgan fingerprint density at radius 1 is 0.593 bits per heavy atom. The van der Waals surface area contributed by atoms with Crippen molar-refractivity contribution in [1.82, 2.24) is 4.40 Å². The van der Waals surface area contributed by atoms with E-state index >= 15 is 0 Å². The molecule has 0 amide bonds. The second-order valence-corrected chi connectivity index (χ2v) is 9.64. The van der Waals surface area contributed by atoms with Gasteiger partial charge in [0.15, 0.2) is 0 Å². The van der Waals surface area contributed by atoms with Crippen molar-refractivity contribution in [3.63, 3.8) is 0 Å². The molecule has 0 atom stereocenters. The average Bonchev–Trinajstić information content (AvgIpc) is 2.94. The third kappa shape index (κ3) is 3.06. The third-order valence-electron chi connectivity index (χ3n) is 5.54. The van der Waals surface area contributed by atoms with Gasteiger partial charge in [-0.3, -0.25) is 0 Å². The van der Waals surface area contributed by atoms with Crippen LogP contribution < -0.4 is 0 Å². The Labute approximate surface area is 162 Å². The lowest BCUT2D eigenvalue weighted by molar-refractivity contribution is 0.587. The molecule has 2 heterocycles. The molecule has 0 aliphatic rings. The highest BCUT2D eigenvalue weighted by Gasteiger charge is 2.19. The lowest BCUT2D eigenvalue weighted by Gasteiger charge is -2.20. The van der Waals surface area contributed by atoms with Gasteiger partial charge in [0.1, 0.15) is 0 Å². The highest BCUT2D eigenvalue weighted by atomic mass is 14.9. The summed E-state index contributed by atoms with van der Waals surface area (Å²) in [6, 6.07) is 22.4. The molecule has 0 bridgehead atoms. The summed E-state index contributed by atoms with van der Waals surface area (Å²) in [6.45, 7) is 13.6. The number of hydrogen-bond acceptors (Lipinski definition) is 0. The minimum absolute atomic E-state index is 0.133. The fourth-order valence-electron chi connectivity index (χ4n) is 3.82. The molecule has 2 aromatic heterocycles. The number of rotatable bonds is 1. The molecule has 0 unspecified atom stereocenters. The van der Waals surface area contributed by atoms with Crippen molar-refractivity contribution >= 4 is 16.4 Å². The van der Waals surface area contributed by atoms with Gasteiger partial charge < -0.3 is 4.40 Å². The van der Waals surface area contributed by atoms with Gasteiger partial charge >= 0.3 is 0 Å². The number of benzene rings is 2. The Hall–Kier alpha value is -2.54. The summed E-state index contributed by atoms with van der Waals surface area (Å²) in [5.74, 6) is 0. The van der Waals surface area contributed by atoms with Gasteiger partial charge in [-0.2, -0.15) is 0 Å². The highest BCUT2D eigenvalue weighted by molar-refractivity contribution is 6.05. The molecule has 138 valence electrons. The van der Waals surface area contributed by atoms with Gasteiger partial charge in [0.25, 0.3) is 0 Å². The van der Waals surface area contributed by atoms with Crippen LogP contribution in [0.25, 0.3) is 27.5 Å². The van der Waals surface area contributed by atoms with E-state index in [0.717, 1.165) is 0 Å². The van der Waals surface area contributed by atoms with E-state index in [1.54, 1.807) is 0 Å². The molecule has 0 saturated carbocycles. The topological polar surface area (TPSA) is 4.41 Å². The zero-order chi connectivity index (χ0) is 19.4. The van der Waals surface area contributed by atoms with Crippen molar-refractivity contribution in [3.8, 4) is 11.1 Å². The van der Waals surface area contributed by atoms with Crippen LogP contribution in [-0.4, -0.2) is 4.40 Å². The summed E-state index contributed by atoms with van der Waals surface area (Å²) in [7, 11) is 0. The van der Waals surface area contributed by atoms with E-state index in [2.05, 4.69) is 113 Å². The van der Waals surface area contributed by atoms with Crippen LogP contribution in [0.3, 0.4) is 0 Å². The first-order valence-electron chi connectivity index (χ1n) is 9.80. The molecule has 0 radical (unpaired) electrons. The standard InChI is InChI=1S/C26H29N/c1-25(2,3)19-13-11-18(12-14-19)24-21-9-7-8-10-22(21)27-17-20(26(4,5)6)15-16-23(24)27/h7-17H,1-6H3. The molecule has 4 rings (SSSR count). The second-order valence-electron chi connectivity index (χ2n) is 9.64. The van der Waals surface area contributed by atoms with Gasteiger partial charge in [-0.1, -0.05) is 90.1 Å². The number of hydrogen-bond donors (Lipinski definition) is 0. The van der Waals surface area contributed by atoms with Crippen molar-refractivity contribution in [1.29, 1.82) is 0 Å². The summed E-state index contributed by atoms with van der Waals surface area (Å²) in [5.41, 5.74) is 8.18. The van der Waals surface area contributed by atoms with Crippen LogP contribution in [0.5, 0.6) is 0 Å². The van der Waals surface area contributed by atoms with Gasteiger partial charge in [0.2, 0.25) is 0 Å². The molecule has 1 nitrogen and oxygen atoms in total. The van der Waals surface area contributed by atoms with Crippen molar-refractivity contribution in [2.24, 2.45) is 0 Å². The van der Waals surface area contributed by atoms with Crippen LogP contribution in [0.2, 0.25) is 0 Å². The highest BCUT2D eigenvalue weighted by Crippen LogP contribution is 2.37. The van der Waals surface area contributed by atoms with Crippen LogP contribution in [-0.2, 0) is 10.8 Å². The van der Waals surface area contributed by atoms with E-state index in [9.17, 15) is 0 Å². The van der Waals surface area contributed by atoms with Gasteiger partial charge in [0.05, 0.1) is 11.0 Å². The predicted octanol–water partition coefficient (Wildman–Crippen LogP) is 7.35. The van der Waals surface area contributed by atoms with Gasteiger partial charge in [-0.05, 0) is 39.7 Å². The number of para-hydroxylation sites is 1. The van der Waals surface area contributed by atoms with Crippen molar-refractivity contribution < 1.29 is 0 Å². The van der Waals surface area contributed by atoms with Gasteiger partial charge in [0, 0.05) is 17.1 Å². The van der Waals surface area contributed by atoms with Gasteiger partial charge in [-0.25, -0.2) is 0 Å². The Morgan fingerprint density at radius 2 is 1.19 bits per heavy atom. The molecule has 4 aromatic rings. The monoisotopic (exact) mass is 355 g/mol. The largest absolute Gasteiger partial charge is 0.316 e. The first kappa shape index (κ1) is 17.9. The Morgan fingerprint density at radius 3 is 1.81 bits per heavy atom. The van der Waals surface area contributed by atoms with Crippen LogP contribution in [0.15, 0.2) is 66.9 Å². The van der Waals surface area contributed by atoms with E-state index in [1.165, 1.54) is 38.7 Å². The Bertz CT molecular complexity index is 1110. The molecule has 0 aliphatic carbocycles. The summed E-state index contributed by atoms with van der Waals surface area (Å²) >= 11 is 0. The molecule has 1 heteroatoms. The van der Waals surface area contributed by atoms with Gasteiger partial charge in [-0.15, -0.1) is 0 Å². The molecule has 0 fully saturated rings. The first-order valence-corrected chi connectivity index (χ1v) is 9.80. The van der Waals surface area contributed by atoms with Crippen LogP contribution in [0.4, 0.5) is 0 Å². The van der Waals surface area contributed by atoms with Crippen LogP contribution >= 0.6 is 0 Å². The molecular formula is C26H29N. The zero-order valence-corrected chi connectivity index (χ0v) is 17.3. The molecule has 27 heavy (non-hydrogen) atoms. The lowest BCUT2D eigenvalue weighted by Crippen LogP contribution is -2.11. The quantitative estimate of drug-likeness (QED) is 0.336. The molecular weight excluding hydrogens is 326 g/mol. The Balaban J connectivity index is 1.99. The minimum Gasteiger partial charge on any atom is -0.316 e. The maximum Gasteiger partial charge on any atom is 0.0541 e. The number of aromatic nitrogens is 1. The van der Waals surface area contributed by atoms with Crippen molar-refractivity contribution in [3.05, 3.63) is 78.0 Å². The molecule has 0 spiro atoms. The van der Waals surface area contributed by atoms with Crippen LogP contribution in [0, 0.1) is 0 Å². The maximum absolute atomic E-state index is 2.36. The maximum atomic E-state index is 2.36. The van der Waals surface area contributed by atoms with E-state index in [0.29, 0.717) is 0 Å². The van der Waals surface area contributed by atoms with Crippen molar-refractivity contribution in [2.75, 3.05) is 0 Å². The lowest BCUT2D eigenvalue weighted by atomic mass is 9.86. The predicted molar refractivity (Wildman–Crippen MR) is 118 cm³/mol. The summed E-state index contributed by atoms with van der Waals surface area (Å²) in [4.78, 5) is 0. The Kier molecular flexibility index (Phi) is 3.96.